The Hall–Kier alpha value is -3.13. The summed E-state index contributed by atoms with van der Waals surface area (Å²) in [6.07, 6.45) is 2.11. The van der Waals surface area contributed by atoms with Crippen LogP contribution in [0.1, 0.15) is 28.4 Å². The molecule has 24 heavy (non-hydrogen) atoms. The van der Waals surface area contributed by atoms with Crippen molar-refractivity contribution in [2.45, 2.75) is 6.92 Å². The Bertz CT molecular complexity index is 849. The van der Waals surface area contributed by atoms with Gasteiger partial charge in [0.25, 0.3) is 0 Å². The standard InChI is InChI=1S/C22H18O2/c1-17(15-18-9-4-2-5-10-18)20-13-8-14-21(16-20)24-22(23)19-11-6-3-7-12-19/h2-16H,1H3/b17-15+. The van der Waals surface area contributed by atoms with Crippen LogP contribution in [0.5, 0.6) is 5.75 Å². The van der Waals surface area contributed by atoms with Crippen molar-refractivity contribution in [1.82, 2.24) is 0 Å². The monoisotopic (exact) mass is 314 g/mol. The van der Waals surface area contributed by atoms with Crippen LogP contribution in [0.15, 0.2) is 84.9 Å². The minimum atomic E-state index is -0.350. The maximum Gasteiger partial charge on any atom is 0.343 e. The molecule has 0 amide bonds. The summed E-state index contributed by atoms with van der Waals surface area (Å²) in [6, 6.07) is 26.7. The molecule has 0 spiro atoms. The molecule has 0 aliphatic heterocycles. The lowest BCUT2D eigenvalue weighted by Gasteiger charge is -2.07. The quantitative estimate of drug-likeness (QED) is 0.363. The first kappa shape index (κ1) is 15.8. The van der Waals surface area contributed by atoms with E-state index in [4.69, 9.17) is 4.74 Å². The molecule has 0 aromatic heterocycles. The fourth-order valence-electron chi connectivity index (χ4n) is 2.43. The largest absolute Gasteiger partial charge is 0.423 e. The summed E-state index contributed by atoms with van der Waals surface area (Å²) in [7, 11) is 0. The van der Waals surface area contributed by atoms with E-state index in [1.54, 1.807) is 18.2 Å². The van der Waals surface area contributed by atoms with Crippen molar-refractivity contribution in [1.29, 1.82) is 0 Å². The Morgan fingerprint density at radius 3 is 2.12 bits per heavy atom. The maximum absolute atomic E-state index is 12.1. The predicted molar refractivity (Wildman–Crippen MR) is 97.8 cm³/mol. The Labute approximate surface area is 142 Å². The van der Waals surface area contributed by atoms with E-state index < -0.39 is 0 Å². The topological polar surface area (TPSA) is 26.3 Å². The molecule has 0 radical (unpaired) electrons. The molecule has 0 atom stereocenters. The van der Waals surface area contributed by atoms with Crippen LogP contribution in [0.3, 0.4) is 0 Å². The molecule has 3 aromatic carbocycles. The molecule has 2 heteroatoms. The molecular formula is C22H18O2. The number of hydrogen-bond donors (Lipinski definition) is 0. The number of carbonyl (C=O) groups is 1. The summed E-state index contributed by atoms with van der Waals surface area (Å²) in [6.45, 7) is 2.05. The van der Waals surface area contributed by atoms with Crippen molar-refractivity contribution in [2.24, 2.45) is 0 Å². The van der Waals surface area contributed by atoms with Crippen LogP contribution < -0.4 is 4.74 Å². The Morgan fingerprint density at radius 1 is 0.792 bits per heavy atom. The third-order valence-corrected chi connectivity index (χ3v) is 3.69. The van der Waals surface area contributed by atoms with E-state index in [0.29, 0.717) is 11.3 Å². The van der Waals surface area contributed by atoms with Crippen molar-refractivity contribution >= 4 is 17.6 Å². The number of carbonyl (C=O) groups excluding carboxylic acids is 1. The zero-order chi connectivity index (χ0) is 16.8. The van der Waals surface area contributed by atoms with Gasteiger partial charge in [0.1, 0.15) is 5.75 Å². The van der Waals surface area contributed by atoms with E-state index in [1.807, 2.05) is 61.5 Å². The molecule has 0 unspecified atom stereocenters. The normalized spacial score (nSPS) is 11.1. The number of allylic oxidation sites excluding steroid dienone is 1. The molecule has 0 saturated heterocycles. The summed E-state index contributed by atoms with van der Waals surface area (Å²) in [4.78, 5) is 12.1. The van der Waals surface area contributed by atoms with E-state index in [1.165, 1.54) is 0 Å². The minimum Gasteiger partial charge on any atom is -0.423 e. The van der Waals surface area contributed by atoms with Gasteiger partial charge in [-0.2, -0.15) is 0 Å². The summed E-state index contributed by atoms with van der Waals surface area (Å²) in [5.74, 6) is 0.194. The van der Waals surface area contributed by atoms with Crippen LogP contribution in [-0.2, 0) is 0 Å². The lowest BCUT2D eigenvalue weighted by atomic mass is 10.0. The van der Waals surface area contributed by atoms with Crippen LogP contribution in [0.25, 0.3) is 11.6 Å². The first-order chi connectivity index (χ1) is 11.7. The Kier molecular flexibility index (Phi) is 4.87. The van der Waals surface area contributed by atoms with Crippen LogP contribution in [0, 0.1) is 0 Å². The molecule has 0 N–H and O–H groups in total. The fraction of sp³-hybridized carbons (Fsp3) is 0.0455. The smallest absolute Gasteiger partial charge is 0.343 e. The third-order valence-electron chi connectivity index (χ3n) is 3.69. The van der Waals surface area contributed by atoms with Gasteiger partial charge in [-0.15, -0.1) is 0 Å². The van der Waals surface area contributed by atoms with Gasteiger partial charge in [0.15, 0.2) is 0 Å². The molecule has 118 valence electrons. The van der Waals surface area contributed by atoms with Crippen molar-refractivity contribution < 1.29 is 9.53 Å². The van der Waals surface area contributed by atoms with E-state index in [-0.39, 0.29) is 5.97 Å². The first-order valence-corrected chi connectivity index (χ1v) is 7.83. The van der Waals surface area contributed by atoms with Crippen LogP contribution in [-0.4, -0.2) is 5.97 Å². The third kappa shape index (κ3) is 3.99. The molecule has 0 aliphatic carbocycles. The van der Waals surface area contributed by atoms with Gasteiger partial charge in [0.05, 0.1) is 5.56 Å². The average Bonchev–Trinajstić information content (AvgIpc) is 2.63. The van der Waals surface area contributed by atoms with Gasteiger partial charge in [0.2, 0.25) is 0 Å². The second-order valence-electron chi connectivity index (χ2n) is 5.52. The summed E-state index contributed by atoms with van der Waals surface area (Å²) >= 11 is 0. The average molecular weight is 314 g/mol. The van der Waals surface area contributed by atoms with Gasteiger partial charge < -0.3 is 4.74 Å². The van der Waals surface area contributed by atoms with E-state index in [0.717, 1.165) is 16.7 Å². The predicted octanol–water partition coefficient (Wildman–Crippen LogP) is 5.47. The van der Waals surface area contributed by atoms with Gasteiger partial charge in [-0.05, 0) is 47.9 Å². The Balaban J connectivity index is 1.79. The number of benzene rings is 3. The summed E-state index contributed by atoms with van der Waals surface area (Å²) in [5, 5.41) is 0. The van der Waals surface area contributed by atoms with Gasteiger partial charge in [-0.3, -0.25) is 0 Å². The molecule has 2 nitrogen and oxygen atoms in total. The SMILES string of the molecule is C/C(=C\c1ccccc1)c1cccc(OC(=O)c2ccccc2)c1. The number of esters is 1. The Morgan fingerprint density at radius 2 is 1.42 bits per heavy atom. The van der Waals surface area contributed by atoms with Gasteiger partial charge in [0, 0.05) is 0 Å². The van der Waals surface area contributed by atoms with Crippen LogP contribution in [0.2, 0.25) is 0 Å². The highest BCUT2D eigenvalue weighted by atomic mass is 16.5. The van der Waals surface area contributed by atoms with E-state index >= 15 is 0 Å². The number of rotatable bonds is 4. The highest BCUT2D eigenvalue weighted by Crippen LogP contribution is 2.22. The van der Waals surface area contributed by atoms with Crippen LogP contribution in [0.4, 0.5) is 0 Å². The molecule has 0 saturated carbocycles. The molecule has 3 rings (SSSR count). The zero-order valence-corrected chi connectivity index (χ0v) is 13.5. The van der Waals surface area contributed by atoms with E-state index in [2.05, 4.69) is 18.2 Å². The van der Waals surface area contributed by atoms with Crippen molar-refractivity contribution in [3.8, 4) is 5.75 Å². The second kappa shape index (κ2) is 7.42. The first-order valence-electron chi connectivity index (χ1n) is 7.83. The molecule has 0 bridgehead atoms. The lowest BCUT2D eigenvalue weighted by Crippen LogP contribution is -2.08. The van der Waals surface area contributed by atoms with Crippen molar-refractivity contribution in [3.63, 3.8) is 0 Å². The highest BCUT2D eigenvalue weighted by molar-refractivity contribution is 5.91. The maximum atomic E-state index is 12.1. The van der Waals surface area contributed by atoms with Gasteiger partial charge in [-0.25, -0.2) is 4.79 Å². The zero-order valence-electron chi connectivity index (χ0n) is 13.5. The molecule has 0 aliphatic rings. The van der Waals surface area contributed by atoms with Crippen molar-refractivity contribution in [2.75, 3.05) is 0 Å². The fourth-order valence-corrected chi connectivity index (χ4v) is 2.43. The minimum absolute atomic E-state index is 0.350. The summed E-state index contributed by atoms with van der Waals surface area (Å²) < 4.78 is 5.48. The molecule has 0 fully saturated rings. The lowest BCUT2D eigenvalue weighted by molar-refractivity contribution is 0.0735. The van der Waals surface area contributed by atoms with Crippen LogP contribution >= 0.6 is 0 Å². The van der Waals surface area contributed by atoms with Crippen molar-refractivity contribution in [3.05, 3.63) is 102 Å². The van der Waals surface area contributed by atoms with Gasteiger partial charge >= 0.3 is 5.97 Å². The molecular weight excluding hydrogens is 296 g/mol. The van der Waals surface area contributed by atoms with Gasteiger partial charge in [-0.1, -0.05) is 66.7 Å². The van der Waals surface area contributed by atoms with E-state index in [9.17, 15) is 4.79 Å². The summed E-state index contributed by atoms with van der Waals surface area (Å²) in [5.41, 5.74) is 3.82. The molecule has 3 aromatic rings. The number of hydrogen-bond acceptors (Lipinski definition) is 2. The number of ether oxygens (including phenoxy) is 1. The molecule has 0 heterocycles. The second-order valence-corrected chi connectivity index (χ2v) is 5.52. The highest BCUT2D eigenvalue weighted by Gasteiger charge is 2.08.